The van der Waals surface area contributed by atoms with Gasteiger partial charge in [0.1, 0.15) is 0 Å². The van der Waals surface area contributed by atoms with E-state index in [0.717, 1.165) is 51.9 Å². The van der Waals surface area contributed by atoms with E-state index in [0.29, 0.717) is 119 Å². The summed E-state index contributed by atoms with van der Waals surface area (Å²) in [6.45, 7) is 18.1. The normalized spacial score (nSPS) is 9.39. The highest BCUT2D eigenvalue weighted by Gasteiger charge is 1.90. The van der Waals surface area contributed by atoms with Crippen molar-refractivity contribution < 1.29 is 48.1 Å². The van der Waals surface area contributed by atoms with Crippen molar-refractivity contribution in [2.24, 2.45) is 26.8 Å². The minimum Gasteiger partial charge on any atom is -0.394 e. The highest BCUT2D eigenvalue weighted by molar-refractivity contribution is 5.85. The van der Waals surface area contributed by atoms with Gasteiger partial charge in [-0.15, -0.1) is 12.4 Å². The standard InChI is InChI=1S/C8H17N3O2.C8H19NO2.C6H14N4O2.C6H14O2.C4H9N3O2.ClH/c1-2-3-5-12-7-8-13-6-4-10-11-9;1-2-3-5-10-7-8-11-6-4-9;7-1-3-11-5-6-12-4-2-9-10-8;1-2-3-5-8-6-4-7;5-7-6-1-3-9-4-2-8;/h2-8H2,1H3;2-9H2,1H3;1-7H2;7H,2-6H2,1H3;8H,1-4H2;1H. The molecule has 6 N–H and O–H groups in total. The molecule has 0 aromatic rings. The van der Waals surface area contributed by atoms with Crippen molar-refractivity contribution in [3.8, 4) is 0 Å². The average Bonchev–Trinajstić information content (AvgIpc) is 3.18. The molecule has 21 nitrogen and oxygen atoms in total. The van der Waals surface area contributed by atoms with Crippen molar-refractivity contribution in [1.29, 1.82) is 0 Å². The number of aliphatic hydroxyl groups is 2. The minimum absolute atomic E-state index is 0. The van der Waals surface area contributed by atoms with E-state index in [4.69, 9.17) is 76.2 Å². The van der Waals surface area contributed by atoms with Crippen molar-refractivity contribution >= 4 is 12.4 Å². The molecule has 0 spiro atoms. The lowest BCUT2D eigenvalue weighted by Gasteiger charge is -2.03. The summed E-state index contributed by atoms with van der Waals surface area (Å²) in [6, 6.07) is 0. The number of aliphatic hydroxyl groups excluding tert-OH is 2. The lowest BCUT2D eigenvalue weighted by atomic mass is 10.4. The van der Waals surface area contributed by atoms with Crippen molar-refractivity contribution in [3.63, 3.8) is 0 Å². The summed E-state index contributed by atoms with van der Waals surface area (Å²) < 4.78 is 40.6. The lowest BCUT2D eigenvalue weighted by molar-refractivity contribution is 0.0497. The summed E-state index contributed by atoms with van der Waals surface area (Å²) in [5.41, 5.74) is 34.0. The third kappa shape index (κ3) is 92.5. The van der Waals surface area contributed by atoms with Crippen LogP contribution in [0.1, 0.15) is 59.3 Å². The molecule has 0 aromatic carbocycles. The van der Waals surface area contributed by atoms with E-state index < -0.39 is 0 Å². The number of hydrogen-bond acceptors (Lipinski definition) is 15. The van der Waals surface area contributed by atoms with Crippen LogP contribution in [-0.2, 0) is 37.9 Å². The molecule has 0 aliphatic rings. The number of halogens is 1. The second-order valence-electron chi connectivity index (χ2n) is 9.85. The Bertz CT molecular complexity index is 759. The zero-order valence-corrected chi connectivity index (χ0v) is 34.1. The maximum absolute atomic E-state index is 8.24. The molecule has 0 saturated carbocycles. The molecule has 324 valence electrons. The topological polar surface area (TPSA) is 313 Å². The van der Waals surface area contributed by atoms with Crippen LogP contribution in [0.2, 0.25) is 0 Å². The molecule has 0 heterocycles. The van der Waals surface area contributed by atoms with Crippen LogP contribution < -0.4 is 11.5 Å². The fourth-order valence-electron chi connectivity index (χ4n) is 2.66. The maximum Gasteiger partial charge on any atom is 0.0701 e. The van der Waals surface area contributed by atoms with Gasteiger partial charge in [0, 0.05) is 67.3 Å². The van der Waals surface area contributed by atoms with Crippen LogP contribution in [0.4, 0.5) is 0 Å². The molecule has 0 saturated heterocycles. The van der Waals surface area contributed by atoms with Crippen LogP contribution in [0.15, 0.2) is 15.3 Å². The molecule has 0 radical (unpaired) electrons. The van der Waals surface area contributed by atoms with E-state index in [-0.39, 0.29) is 25.6 Å². The molecule has 0 unspecified atom stereocenters. The molecule has 54 heavy (non-hydrogen) atoms. The second-order valence-corrected chi connectivity index (χ2v) is 9.85. The number of nitrogens with zero attached hydrogens (tertiary/aromatic N) is 9. The van der Waals surface area contributed by atoms with E-state index in [1.807, 2.05) is 0 Å². The summed E-state index contributed by atoms with van der Waals surface area (Å²) in [7, 11) is 0. The van der Waals surface area contributed by atoms with Gasteiger partial charge in [0.25, 0.3) is 0 Å². The van der Waals surface area contributed by atoms with Crippen LogP contribution in [0.25, 0.3) is 31.3 Å². The number of unbranched alkanes of at least 4 members (excludes halogenated alkanes) is 3. The van der Waals surface area contributed by atoms with Gasteiger partial charge in [0.15, 0.2) is 0 Å². The Morgan fingerprint density at radius 2 is 0.648 bits per heavy atom. The molecular weight excluding hydrogens is 734 g/mol. The maximum atomic E-state index is 8.24. The number of nitrogens with two attached hydrogens (primary N) is 2. The lowest BCUT2D eigenvalue weighted by Crippen LogP contribution is -2.12. The van der Waals surface area contributed by atoms with Crippen LogP contribution in [-0.4, -0.2) is 162 Å². The molecule has 0 bridgehead atoms. The Kier molecular flexibility index (Phi) is 89.2. The van der Waals surface area contributed by atoms with Crippen LogP contribution in [0.3, 0.4) is 0 Å². The van der Waals surface area contributed by atoms with Crippen molar-refractivity contribution in [2.45, 2.75) is 59.3 Å². The van der Waals surface area contributed by atoms with E-state index in [1.165, 1.54) is 6.42 Å². The zero-order chi connectivity index (χ0) is 40.4. The summed E-state index contributed by atoms with van der Waals surface area (Å²) in [4.78, 5) is 7.70. The van der Waals surface area contributed by atoms with Gasteiger partial charge in [0.05, 0.1) is 99.1 Å². The monoisotopic (exact) mass is 808 g/mol. The minimum atomic E-state index is 0. The quantitative estimate of drug-likeness (QED) is 0.0293. The van der Waals surface area contributed by atoms with Gasteiger partial charge in [-0.3, -0.25) is 0 Å². The Morgan fingerprint density at radius 1 is 0.407 bits per heavy atom. The third-order valence-electron chi connectivity index (χ3n) is 5.23. The summed E-state index contributed by atoms with van der Waals surface area (Å²) in [5.74, 6) is 0. The largest absolute Gasteiger partial charge is 0.394 e. The number of rotatable bonds is 35. The Labute approximate surface area is 329 Å². The Morgan fingerprint density at radius 3 is 0.889 bits per heavy atom. The fourth-order valence-corrected chi connectivity index (χ4v) is 2.66. The fraction of sp³-hybridized carbons (Fsp3) is 1.00. The first kappa shape index (κ1) is 63.7. The molecule has 0 atom stereocenters. The predicted octanol–water partition coefficient (Wildman–Crippen LogP) is 4.72. The summed E-state index contributed by atoms with van der Waals surface area (Å²) in [6.07, 6.45) is 6.82. The van der Waals surface area contributed by atoms with Crippen LogP contribution in [0.5, 0.6) is 0 Å². The molecular formula is C32H74ClN11O10. The highest BCUT2D eigenvalue weighted by Crippen LogP contribution is 1.89. The summed E-state index contributed by atoms with van der Waals surface area (Å²) in [5, 5.41) is 26.3. The second kappa shape index (κ2) is 75.6. The van der Waals surface area contributed by atoms with Crippen LogP contribution >= 0.6 is 12.4 Å². The summed E-state index contributed by atoms with van der Waals surface area (Å²) >= 11 is 0. The Balaban J connectivity index is -0.000000134. The predicted molar refractivity (Wildman–Crippen MR) is 213 cm³/mol. The molecule has 0 aliphatic heterocycles. The number of hydrogen-bond donors (Lipinski definition) is 4. The molecule has 22 heteroatoms. The van der Waals surface area contributed by atoms with Gasteiger partial charge in [-0.25, -0.2) is 0 Å². The van der Waals surface area contributed by atoms with Gasteiger partial charge in [-0.1, -0.05) is 55.4 Å². The first-order valence-electron chi connectivity index (χ1n) is 18.3. The molecule has 0 rings (SSSR count). The van der Waals surface area contributed by atoms with Gasteiger partial charge >= 0.3 is 0 Å². The first-order valence-corrected chi connectivity index (χ1v) is 18.3. The first-order chi connectivity index (χ1) is 26.1. The van der Waals surface area contributed by atoms with Crippen molar-refractivity contribution in [3.05, 3.63) is 31.3 Å². The van der Waals surface area contributed by atoms with Gasteiger partial charge < -0.3 is 59.6 Å². The van der Waals surface area contributed by atoms with Gasteiger partial charge in [-0.2, -0.15) is 0 Å². The van der Waals surface area contributed by atoms with Crippen LogP contribution in [0, 0.1) is 0 Å². The van der Waals surface area contributed by atoms with Gasteiger partial charge in [-0.05, 0) is 35.9 Å². The smallest absolute Gasteiger partial charge is 0.0701 e. The van der Waals surface area contributed by atoms with Gasteiger partial charge in [0.2, 0.25) is 0 Å². The van der Waals surface area contributed by atoms with Crippen molar-refractivity contribution in [1.82, 2.24) is 0 Å². The molecule has 0 aliphatic carbocycles. The highest BCUT2D eigenvalue weighted by atomic mass is 35.5. The SMILES string of the molecule is CCCCOCCO.CCCCOCCOCCN.CCCCOCCOCCN=[N+]=[N-].Cl.[N-]=[N+]=NCCOCCO.[N-]=[N+]=NCCOCCOCCN. The zero-order valence-electron chi connectivity index (χ0n) is 33.3. The number of azide groups is 3. The van der Waals surface area contributed by atoms with E-state index in [9.17, 15) is 0 Å². The van der Waals surface area contributed by atoms with E-state index >= 15 is 0 Å². The molecule has 0 amide bonds. The molecule has 0 fully saturated rings. The third-order valence-corrected chi connectivity index (χ3v) is 5.23. The average molecular weight is 808 g/mol. The molecule has 0 aromatic heterocycles. The Hall–Kier alpha value is -2.26. The van der Waals surface area contributed by atoms with Crippen molar-refractivity contribution in [2.75, 3.05) is 152 Å². The number of ether oxygens (including phenoxy) is 8. The van der Waals surface area contributed by atoms with E-state index in [1.54, 1.807) is 0 Å². The van der Waals surface area contributed by atoms with E-state index in [2.05, 4.69) is 50.8 Å².